The van der Waals surface area contributed by atoms with Gasteiger partial charge in [0.15, 0.2) is 0 Å². The van der Waals surface area contributed by atoms with E-state index in [0.717, 1.165) is 12.8 Å². The molecule has 7 heteroatoms. The Labute approximate surface area is 123 Å². The largest absolute Gasteiger partial charge is 0.465 e. The molecule has 7 nitrogen and oxygen atoms in total. The summed E-state index contributed by atoms with van der Waals surface area (Å²) < 4.78 is 0. The summed E-state index contributed by atoms with van der Waals surface area (Å²) in [5, 5.41) is 14.7. The SMILES string of the molecule is CNc1cc(C(=O)NCC2CCN(C(=O)O)CC2)ccn1. The van der Waals surface area contributed by atoms with Crippen LogP contribution in [0.4, 0.5) is 10.6 Å². The number of hydrogen-bond acceptors (Lipinski definition) is 4. The van der Waals surface area contributed by atoms with Crippen LogP contribution in [-0.4, -0.2) is 53.7 Å². The van der Waals surface area contributed by atoms with Crippen LogP contribution in [0.1, 0.15) is 23.2 Å². The van der Waals surface area contributed by atoms with E-state index in [2.05, 4.69) is 15.6 Å². The van der Waals surface area contributed by atoms with Gasteiger partial charge >= 0.3 is 6.09 Å². The van der Waals surface area contributed by atoms with Crippen LogP contribution < -0.4 is 10.6 Å². The average Bonchev–Trinajstić information content (AvgIpc) is 2.53. The summed E-state index contributed by atoms with van der Waals surface area (Å²) in [6.45, 7) is 1.65. The van der Waals surface area contributed by atoms with Crippen LogP contribution in [0.3, 0.4) is 0 Å². The van der Waals surface area contributed by atoms with Crippen LogP contribution in [-0.2, 0) is 0 Å². The van der Waals surface area contributed by atoms with E-state index in [-0.39, 0.29) is 5.91 Å². The predicted octanol–water partition coefficient (Wildman–Crippen LogP) is 1.24. The number of aromatic nitrogens is 1. The highest BCUT2D eigenvalue weighted by Gasteiger charge is 2.22. The van der Waals surface area contributed by atoms with Crippen LogP contribution in [0.2, 0.25) is 0 Å². The summed E-state index contributed by atoms with van der Waals surface area (Å²) in [5.41, 5.74) is 0.567. The third kappa shape index (κ3) is 4.08. The van der Waals surface area contributed by atoms with Gasteiger partial charge in [0.05, 0.1) is 0 Å². The van der Waals surface area contributed by atoms with Crippen molar-refractivity contribution in [2.75, 3.05) is 32.0 Å². The van der Waals surface area contributed by atoms with Crippen LogP contribution >= 0.6 is 0 Å². The van der Waals surface area contributed by atoms with Gasteiger partial charge in [0.1, 0.15) is 5.82 Å². The van der Waals surface area contributed by atoms with Gasteiger partial charge in [-0.15, -0.1) is 0 Å². The van der Waals surface area contributed by atoms with Crippen LogP contribution in [0.25, 0.3) is 0 Å². The lowest BCUT2D eigenvalue weighted by molar-refractivity contribution is 0.0928. The topological polar surface area (TPSA) is 94.6 Å². The van der Waals surface area contributed by atoms with Gasteiger partial charge in [-0.05, 0) is 30.9 Å². The Kier molecular flexibility index (Phi) is 4.97. The van der Waals surface area contributed by atoms with Gasteiger partial charge in [-0.2, -0.15) is 0 Å². The fourth-order valence-electron chi connectivity index (χ4n) is 2.38. The molecule has 21 heavy (non-hydrogen) atoms. The summed E-state index contributed by atoms with van der Waals surface area (Å²) in [5.74, 6) is 0.849. The smallest absolute Gasteiger partial charge is 0.407 e. The molecule has 0 atom stereocenters. The third-order valence-electron chi connectivity index (χ3n) is 3.71. The van der Waals surface area contributed by atoms with E-state index in [1.54, 1.807) is 25.4 Å². The molecule has 0 aliphatic carbocycles. The zero-order valence-corrected chi connectivity index (χ0v) is 12.0. The molecule has 0 bridgehead atoms. The van der Waals surface area contributed by atoms with E-state index in [9.17, 15) is 9.59 Å². The number of rotatable bonds is 4. The number of piperidine rings is 1. The van der Waals surface area contributed by atoms with Crippen molar-refractivity contribution in [2.45, 2.75) is 12.8 Å². The van der Waals surface area contributed by atoms with E-state index in [1.807, 2.05) is 0 Å². The minimum absolute atomic E-state index is 0.130. The maximum absolute atomic E-state index is 12.1. The van der Waals surface area contributed by atoms with Gasteiger partial charge in [-0.25, -0.2) is 9.78 Å². The zero-order chi connectivity index (χ0) is 15.2. The first-order valence-corrected chi connectivity index (χ1v) is 7.00. The van der Waals surface area contributed by atoms with Crippen LogP contribution in [0.15, 0.2) is 18.3 Å². The molecule has 2 rings (SSSR count). The number of carboxylic acid groups (broad SMARTS) is 1. The predicted molar refractivity (Wildman–Crippen MR) is 78.4 cm³/mol. The van der Waals surface area contributed by atoms with Crippen molar-refractivity contribution >= 4 is 17.8 Å². The molecule has 2 amide bonds. The lowest BCUT2D eigenvalue weighted by Gasteiger charge is -2.29. The highest BCUT2D eigenvalue weighted by Crippen LogP contribution is 2.16. The van der Waals surface area contributed by atoms with Crippen molar-refractivity contribution < 1.29 is 14.7 Å². The second-order valence-electron chi connectivity index (χ2n) is 5.10. The number of hydrogen-bond donors (Lipinski definition) is 3. The number of nitrogens with one attached hydrogen (secondary N) is 2. The molecule has 0 radical (unpaired) electrons. The number of likely N-dealkylation sites (tertiary alicyclic amines) is 1. The highest BCUT2D eigenvalue weighted by molar-refractivity contribution is 5.94. The number of nitrogens with zero attached hydrogens (tertiary/aromatic N) is 2. The molecule has 0 spiro atoms. The molecule has 1 saturated heterocycles. The normalized spacial score (nSPS) is 15.6. The Morgan fingerprint density at radius 1 is 1.43 bits per heavy atom. The molecular weight excluding hydrogens is 272 g/mol. The maximum atomic E-state index is 12.1. The molecule has 3 N–H and O–H groups in total. The molecule has 1 aromatic heterocycles. The van der Waals surface area contributed by atoms with E-state index >= 15 is 0 Å². The van der Waals surface area contributed by atoms with Crippen molar-refractivity contribution in [3.05, 3.63) is 23.9 Å². The zero-order valence-electron chi connectivity index (χ0n) is 12.0. The van der Waals surface area contributed by atoms with Crippen LogP contribution in [0, 0.1) is 5.92 Å². The highest BCUT2D eigenvalue weighted by atomic mass is 16.4. The van der Waals surface area contributed by atoms with E-state index < -0.39 is 6.09 Å². The number of amides is 2. The van der Waals surface area contributed by atoms with Crippen LogP contribution in [0.5, 0.6) is 0 Å². The molecular formula is C14H20N4O3. The van der Waals surface area contributed by atoms with Crippen molar-refractivity contribution in [3.8, 4) is 0 Å². The molecule has 0 aromatic carbocycles. The van der Waals surface area contributed by atoms with Crippen molar-refractivity contribution in [2.24, 2.45) is 5.92 Å². The third-order valence-corrected chi connectivity index (χ3v) is 3.71. The summed E-state index contributed by atoms with van der Waals surface area (Å²) in [6.07, 6.45) is 2.29. The van der Waals surface area contributed by atoms with Gasteiger partial charge in [-0.3, -0.25) is 4.79 Å². The molecule has 1 aliphatic heterocycles. The maximum Gasteiger partial charge on any atom is 0.407 e. The Morgan fingerprint density at radius 2 is 2.14 bits per heavy atom. The molecule has 114 valence electrons. The van der Waals surface area contributed by atoms with Gasteiger partial charge in [0.2, 0.25) is 0 Å². The molecule has 1 aromatic rings. The second-order valence-corrected chi connectivity index (χ2v) is 5.10. The number of anilines is 1. The lowest BCUT2D eigenvalue weighted by atomic mass is 9.97. The van der Waals surface area contributed by atoms with E-state index in [1.165, 1.54) is 4.90 Å². The quantitative estimate of drug-likeness (QED) is 0.776. The second kappa shape index (κ2) is 6.92. The Bertz CT molecular complexity index is 513. The molecule has 1 fully saturated rings. The first-order chi connectivity index (χ1) is 10.1. The minimum Gasteiger partial charge on any atom is -0.465 e. The molecule has 0 unspecified atom stereocenters. The monoisotopic (exact) mass is 292 g/mol. The Morgan fingerprint density at radius 3 is 2.76 bits per heavy atom. The summed E-state index contributed by atoms with van der Waals surface area (Å²) in [7, 11) is 1.75. The van der Waals surface area contributed by atoms with E-state index in [0.29, 0.717) is 36.9 Å². The molecule has 2 heterocycles. The number of carbonyl (C=O) groups is 2. The van der Waals surface area contributed by atoms with Crippen molar-refractivity contribution in [1.82, 2.24) is 15.2 Å². The van der Waals surface area contributed by atoms with Crippen molar-refractivity contribution in [1.29, 1.82) is 0 Å². The Hall–Kier alpha value is -2.31. The van der Waals surface area contributed by atoms with Gasteiger partial charge in [-0.1, -0.05) is 0 Å². The fourth-order valence-corrected chi connectivity index (χ4v) is 2.38. The molecule has 1 aliphatic rings. The standard InChI is InChI=1S/C14H20N4O3/c1-15-12-8-11(2-5-16-12)13(19)17-9-10-3-6-18(7-4-10)14(20)21/h2,5,8,10H,3-4,6-7,9H2,1H3,(H,15,16)(H,17,19)(H,20,21). The lowest BCUT2D eigenvalue weighted by Crippen LogP contribution is -2.40. The fraction of sp³-hybridized carbons (Fsp3) is 0.500. The number of pyridine rings is 1. The minimum atomic E-state index is -0.867. The summed E-state index contributed by atoms with van der Waals surface area (Å²) >= 11 is 0. The summed E-state index contributed by atoms with van der Waals surface area (Å²) in [4.78, 5) is 28.4. The first-order valence-electron chi connectivity index (χ1n) is 7.00. The van der Waals surface area contributed by atoms with Gasteiger partial charge in [0, 0.05) is 38.4 Å². The van der Waals surface area contributed by atoms with E-state index in [4.69, 9.17) is 5.11 Å². The summed E-state index contributed by atoms with van der Waals surface area (Å²) in [6, 6.07) is 3.37. The van der Waals surface area contributed by atoms with Gasteiger partial charge < -0.3 is 20.6 Å². The first kappa shape index (κ1) is 15.1. The molecule has 0 saturated carbocycles. The van der Waals surface area contributed by atoms with Crippen molar-refractivity contribution in [3.63, 3.8) is 0 Å². The Balaban J connectivity index is 1.80. The number of carbonyl (C=O) groups excluding carboxylic acids is 1. The average molecular weight is 292 g/mol. The van der Waals surface area contributed by atoms with Gasteiger partial charge in [0.25, 0.3) is 5.91 Å².